The molecule has 0 unspecified atom stereocenters. The van der Waals surface area contributed by atoms with Crippen LogP contribution in [0.5, 0.6) is 11.5 Å². The molecule has 2 aromatic carbocycles. The molecule has 3 N–H and O–H groups in total. The van der Waals surface area contributed by atoms with Crippen molar-refractivity contribution in [2.75, 3.05) is 19.6 Å². The third kappa shape index (κ3) is 6.34. The summed E-state index contributed by atoms with van der Waals surface area (Å²) in [7, 11) is 0. The number of aromatic nitrogens is 4. The van der Waals surface area contributed by atoms with Crippen molar-refractivity contribution < 1.29 is 19.4 Å². The number of hydrogen-bond acceptors (Lipinski definition) is 8. The Morgan fingerprint density at radius 3 is 2.32 bits per heavy atom. The minimum Gasteiger partial charge on any atom is -0.457 e. The molecule has 0 radical (unpaired) electrons. The van der Waals surface area contributed by atoms with Crippen molar-refractivity contribution in [1.82, 2.24) is 35.7 Å². The number of unbranched alkanes of at least 4 members (excludes halogenated alkanes) is 1. The van der Waals surface area contributed by atoms with E-state index in [1.54, 1.807) is 0 Å². The van der Waals surface area contributed by atoms with E-state index in [9.17, 15) is 14.7 Å². The maximum Gasteiger partial charge on any atom is 0.248 e. The van der Waals surface area contributed by atoms with E-state index in [4.69, 9.17) is 4.74 Å². The summed E-state index contributed by atoms with van der Waals surface area (Å²) in [5, 5.41) is 28.2. The number of carbonyl (C=O) groups excluding carboxylic acids is 2. The number of aromatic amines is 1. The van der Waals surface area contributed by atoms with Crippen LogP contribution in [0.4, 0.5) is 0 Å². The Labute approximate surface area is 258 Å². The lowest BCUT2D eigenvalue weighted by Gasteiger charge is -2.52. The summed E-state index contributed by atoms with van der Waals surface area (Å²) in [6, 6.07) is 14.7. The number of piperidine rings is 1. The van der Waals surface area contributed by atoms with Gasteiger partial charge in [-0.2, -0.15) is 5.21 Å². The zero-order valence-corrected chi connectivity index (χ0v) is 25.5. The Morgan fingerprint density at radius 2 is 1.68 bits per heavy atom. The van der Waals surface area contributed by atoms with E-state index >= 15 is 0 Å². The van der Waals surface area contributed by atoms with Gasteiger partial charge in [-0.1, -0.05) is 44.7 Å². The van der Waals surface area contributed by atoms with Gasteiger partial charge in [0.1, 0.15) is 23.1 Å². The summed E-state index contributed by atoms with van der Waals surface area (Å²) < 4.78 is 6.02. The maximum absolute atomic E-state index is 13.9. The Balaban J connectivity index is 1.06. The maximum atomic E-state index is 13.9. The lowest BCUT2D eigenvalue weighted by atomic mass is 9.78. The Bertz CT molecular complexity index is 1380. The van der Waals surface area contributed by atoms with Gasteiger partial charge in [0.15, 0.2) is 0 Å². The van der Waals surface area contributed by atoms with Crippen LogP contribution in [-0.2, 0) is 16.1 Å². The zero-order chi connectivity index (χ0) is 30.5. The normalized spacial score (nSPS) is 21.8. The van der Waals surface area contributed by atoms with E-state index in [0.29, 0.717) is 44.0 Å². The molecule has 3 aliphatic rings. The molecular weight excluding hydrogens is 558 g/mol. The number of nitrogens with zero attached hydrogens (tertiary/aromatic N) is 5. The molecule has 6 rings (SSSR count). The van der Waals surface area contributed by atoms with Crippen LogP contribution in [0.1, 0.15) is 70.3 Å². The number of amides is 2. The molecule has 1 saturated carbocycles. The summed E-state index contributed by atoms with van der Waals surface area (Å²) in [6.07, 6.45) is 7.28. The molecule has 1 aromatic heterocycles. The Kier molecular flexibility index (Phi) is 9.22. The van der Waals surface area contributed by atoms with Crippen molar-refractivity contribution >= 4 is 11.8 Å². The number of aliphatic hydroxyl groups excluding tert-OH is 1. The number of hydrogen-bond donors (Lipinski definition) is 3. The summed E-state index contributed by atoms with van der Waals surface area (Å²) >= 11 is 0. The number of aliphatic hydroxyl groups is 1. The molecule has 2 amide bonds. The highest BCUT2D eigenvalue weighted by atomic mass is 16.5. The highest BCUT2D eigenvalue weighted by molar-refractivity contribution is 6.00. The van der Waals surface area contributed by atoms with Gasteiger partial charge in [-0.15, -0.1) is 10.2 Å². The number of piperazine rings is 1. The molecule has 3 aromatic rings. The fourth-order valence-corrected chi connectivity index (χ4v) is 7.05. The van der Waals surface area contributed by atoms with Crippen molar-refractivity contribution in [3.05, 3.63) is 54.1 Å². The monoisotopic (exact) mass is 601 g/mol. The van der Waals surface area contributed by atoms with Crippen molar-refractivity contribution in [3.8, 4) is 22.9 Å². The molecule has 1 spiro atoms. The predicted molar refractivity (Wildman–Crippen MR) is 165 cm³/mol. The summed E-state index contributed by atoms with van der Waals surface area (Å²) in [4.78, 5) is 31.8. The van der Waals surface area contributed by atoms with Gasteiger partial charge in [0.25, 0.3) is 0 Å². The molecule has 3 heterocycles. The number of nitrogens with one attached hydrogen (secondary N) is 2. The van der Waals surface area contributed by atoms with Crippen LogP contribution in [0.2, 0.25) is 0 Å². The van der Waals surface area contributed by atoms with Gasteiger partial charge < -0.3 is 20.1 Å². The van der Waals surface area contributed by atoms with E-state index < -0.39 is 17.7 Å². The van der Waals surface area contributed by atoms with Crippen molar-refractivity contribution in [2.45, 2.75) is 88.9 Å². The van der Waals surface area contributed by atoms with Crippen LogP contribution in [0.25, 0.3) is 11.4 Å². The molecule has 3 fully saturated rings. The first-order valence-corrected chi connectivity index (χ1v) is 16.1. The van der Waals surface area contributed by atoms with Crippen LogP contribution in [-0.4, -0.2) is 84.7 Å². The molecule has 11 heteroatoms. The van der Waals surface area contributed by atoms with E-state index in [0.717, 1.165) is 61.9 Å². The van der Waals surface area contributed by atoms with Crippen molar-refractivity contribution in [3.63, 3.8) is 0 Å². The van der Waals surface area contributed by atoms with Crippen molar-refractivity contribution in [1.29, 1.82) is 0 Å². The van der Waals surface area contributed by atoms with E-state index in [1.165, 1.54) is 6.42 Å². The number of tetrazole rings is 1. The first-order valence-electron chi connectivity index (χ1n) is 16.1. The highest BCUT2D eigenvalue weighted by Gasteiger charge is 2.55. The first kappa shape index (κ1) is 30.2. The molecular formula is C33H43N7O4. The first-order chi connectivity index (χ1) is 21.5. The number of H-pyrrole nitrogens is 1. The number of carbonyl (C=O) groups is 2. The largest absolute Gasteiger partial charge is 0.457 e. The molecule has 2 aliphatic heterocycles. The SMILES string of the molecule is CCCCN1C(=O)[C@@H]([C@H](O)C2CCCCC2)NC(=O)C12CCN(Cc1ccc(Oc3ccc(-c4nn[nH]n4)cc3)cc1)CC2. The second-order valence-electron chi connectivity index (χ2n) is 12.5. The van der Waals surface area contributed by atoms with Gasteiger partial charge >= 0.3 is 0 Å². The minimum absolute atomic E-state index is 0.0713. The smallest absolute Gasteiger partial charge is 0.248 e. The number of likely N-dealkylation sites (tertiary alicyclic amines) is 1. The van der Waals surface area contributed by atoms with Crippen LogP contribution >= 0.6 is 0 Å². The average Bonchev–Trinajstić information content (AvgIpc) is 3.60. The van der Waals surface area contributed by atoms with Crippen LogP contribution < -0.4 is 10.1 Å². The fraction of sp³-hybridized carbons (Fsp3) is 0.545. The molecule has 2 saturated heterocycles. The number of ether oxygens (including phenoxy) is 1. The fourth-order valence-electron chi connectivity index (χ4n) is 7.05. The number of benzene rings is 2. The van der Waals surface area contributed by atoms with E-state index in [1.807, 2.05) is 41.3 Å². The standard InChI is InChI=1S/C33H43N7O4/c1-2-3-19-40-31(42)28(29(41)24-7-5-4-6-8-24)34-32(43)33(40)17-20-39(21-18-33)22-23-9-13-26(14-10-23)44-27-15-11-25(12-16-27)30-35-37-38-36-30/h9-16,24,28-29,41H,2-8,17-22H2,1H3,(H,34,43)(H,35,36,37,38)/t28-,29-/m1/s1. The highest BCUT2D eigenvalue weighted by Crippen LogP contribution is 2.36. The van der Waals surface area contributed by atoms with E-state index in [-0.39, 0.29) is 17.7 Å². The minimum atomic E-state index is -0.845. The second-order valence-corrected chi connectivity index (χ2v) is 12.5. The van der Waals surface area contributed by atoms with Crippen molar-refractivity contribution in [2.24, 2.45) is 5.92 Å². The van der Waals surface area contributed by atoms with Gasteiger partial charge in [0, 0.05) is 31.7 Å². The van der Waals surface area contributed by atoms with Gasteiger partial charge in [0.05, 0.1) is 6.10 Å². The molecule has 11 nitrogen and oxygen atoms in total. The average molecular weight is 602 g/mol. The van der Waals surface area contributed by atoms with Crippen LogP contribution in [0.15, 0.2) is 48.5 Å². The predicted octanol–water partition coefficient (Wildman–Crippen LogP) is 4.06. The quantitative estimate of drug-likeness (QED) is 0.317. The lowest BCUT2D eigenvalue weighted by molar-refractivity contribution is -0.166. The topological polar surface area (TPSA) is 137 Å². The van der Waals surface area contributed by atoms with Gasteiger partial charge in [-0.3, -0.25) is 14.5 Å². The molecule has 2 atom stereocenters. The Hall–Kier alpha value is -3.83. The van der Waals surface area contributed by atoms with Gasteiger partial charge in [-0.05, 0) is 85.2 Å². The molecule has 44 heavy (non-hydrogen) atoms. The number of rotatable bonds is 10. The summed E-state index contributed by atoms with van der Waals surface area (Å²) in [6.45, 7) is 4.83. The van der Waals surface area contributed by atoms with Crippen LogP contribution in [0, 0.1) is 5.92 Å². The molecule has 1 aliphatic carbocycles. The third-order valence-corrected chi connectivity index (χ3v) is 9.67. The molecule has 234 valence electrons. The lowest BCUT2D eigenvalue weighted by Crippen LogP contribution is -2.75. The summed E-state index contributed by atoms with van der Waals surface area (Å²) in [5.74, 6) is 1.86. The van der Waals surface area contributed by atoms with Gasteiger partial charge in [0.2, 0.25) is 17.6 Å². The second kappa shape index (κ2) is 13.4. The van der Waals surface area contributed by atoms with E-state index in [2.05, 4.69) is 49.9 Å². The van der Waals surface area contributed by atoms with Gasteiger partial charge in [-0.25, -0.2) is 0 Å². The summed E-state index contributed by atoms with van der Waals surface area (Å²) in [5.41, 5.74) is 1.16. The molecule has 0 bridgehead atoms. The Morgan fingerprint density at radius 1 is 1.00 bits per heavy atom. The zero-order valence-electron chi connectivity index (χ0n) is 25.5. The van der Waals surface area contributed by atoms with Crippen LogP contribution in [0.3, 0.4) is 0 Å². The third-order valence-electron chi connectivity index (χ3n) is 9.67.